The number of benzene rings is 2. The zero-order valence-electron chi connectivity index (χ0n) is 17.4. The zero-order valence-corrected chi connectivity index (χ0v) is 17.4. The molecule has 2 aromatic rings. The Morgan fingerprint density at radius 3 is 2.10 bits per heavy atom. The van der Waals surface area contributed by atoms with Crippen molar-refractivity contribution in [1.29, 1.82) is 0 Å². The van der Waals surface area contributed by atoms with Crippen LogP contribution in [-0.4, -0.2) is 61.5 Å². The normalized spacial score (nSPS) is 15.1. The molecule has 1 saturated heterocycles. The van der Waals surface area contributed by atoms with Gasteiger partial charge in [0.15, 0.2) is 0 Å². The number of carbonyl (C=O) groups excluding carboxylic acids is 2. The SMILES string of the molecule is COC(=O)c1ccc(CN2CCN(CC(=O)Nc3c(C)cccc3C)CC2)cc1. The second-order valence-corrected chi connectivity index (χ2v) is 7.56. The first kappa shape index (κ1) is 21.0. The molecule has 0 aromatic heterocycles. The number of piperazine rings is 1. The van der Waals surface area contributed by atoms with Gasteiger partial charge < -0.3 is 10.1 Å². The predicted octanol–water partition coefficient (Wildman–Crippen LogP) is 2.85. The average Bonchev–Trinajstić information content (AvgIpc) is 2.72. The Bertz CT molecular complexity index is 836. The maximum Gasteiger partial charge on any atom is 0.337 e. The van der Waals surface area contributed by atoms with Crippen molar-refractivity contribution in [2.24, 2.45) is 0 Å². The van der Waals surface area contributed by atoms with Gasteiger partial charge in [-0.05, 0) is 42.7 Å². The lowest BCUT2D eigenvalue weighted by Crippen LogP contribution is -2.48. The Hall–Kier alpha value is -2.70. The minimum atomic E-state index is -0.315. The lowest BCUT2D eigenvalue weighted by atomic mass is 10.1. The lowest BCUT2D eigenvalue weighted by molar-refractivity contribution is -0.117. The highest BCUT2D eigenvalue weighted by molar-refractivity contribution is 5.93. The molecule has 1 aliphatic heterocycles. The van der Waals surface area contributed by atoms with Crippen LogP contribution in [0.4, 0.5) is 5.69 Å². The van der Waals surface area contributed by atoms with Gasteiger partial charge in [-0.3, -0.25) is 14.6 Å². The van der Waals surface area contributed by atoms with E-state index in [-0.39, 0.29) is 11.9 Å². The van der Waals surface area contributed by atoms with Gasteiger partial charge in [0.1, 0.15) is 0 Å². The minimum absolute atomic E-state index is 0.0363. The summed E-state index contributed by atoms with van der Waals surface area (Å²) in [5.74, 6) is -0.279. The number of amides is 1. The van der Waals surface area contributed by atoms with Crippen LogP contribution in [0.2, 0.25) is 0 Å². The van der Waals surface area contributed by atoms with Crippen LogP contribution in [0, 0.1) is 13.8 Å². The summed E-state index contributed by atoms with van der Waals surface area (Å²) >= 11 is 0. The molecule has 1 fully saturated rings. The van der Waals surface area contributed by atoms with E-state index in [2.05, 4.69) is 15.1 Å². The van der Waals surface area contributed by atoms with Crippen LogP contribution in [0.1, 0.15) is 27.0 Å². The molecule has 1 N–H and O–H groups in total. The van der Waals surface area contributed by atoms with E-state index >= 15 is 0 Å². The van der Waals surface area contributed by atoms with Crippen molar-refractivity contribution in [3.8, 4) is 0 Å². The third kappa shape index (κ3) is 5.65. The summed E-state index contributed by atoms with van der Waals surface area (Å²) in [6, 6.07) is 13.6. The zero-order chi connectivity index (χ0) is 20.8. The fraction of sp³-hybridized carbons (Fsp3) is 0.391. The second-order valence-electron chi connectivity index (χ2n) is 7.56. The van der Waals surface area contributed by atoms with E-state index in [0.717, 1.165) is 49.5 Å². The molecule has 0 atom stereocenters. The van der Waals surface area contributed by atoms with E-state index in [0.29, 0.717) is 12.1 Å². The molecule has 2 aromatic carbocycles. The van der Waals surface area contributed by atoms with E-state index in [4.69, 9.17) is 4.74 Å². The molecule has 1 aliphatic rings. The van der Waals surface area contributed by atoms with Gasteiger partial charge in [0.05, 0.1) is 19.2 Å². The number of anilines is 1. The number of nitrogens with one attached hydrogen (secondary N) is 1. The first-order valence-electron chi connectivity index (χ1n) is 9.94. The summed E-state index contributed by atoms with van der Waals surface area (Å²) in [5.41, 5.74) is 4.82. The first-order valence-corrected chi connectivity index (χ1v) is 9.94. The molecule has 1 heterocycles. The third-order valence-corrected chi connectivity index (χ3v) is 5.36. The van der Waals surface area contributed by atoms with E-state index in [9.17, 15) is 9.59 Å². The van der Waals surface area contributed by atoms with Crippen LogP contribution in [0.15, 0.2) is 42.5 Å². The molecule has 0 unspecified atom stereocenters. The average molecular weight is 396 g/mol. The van der Waals surface area contributed by atoms with Crippen LogP contribution >= 0.6 is 0 Å². The van der Waals surface area contributed by atoms with Gasteiger partial charge in [-0.2, -0.15) is 0 Å². The molecular formula is C23H29N3O3. The number of ether oxygens (including phenoxy) is 1. The van der Waals surface area contributed by atoms with Crippen molar-refractivity contribution in [2.75, 3.05) is 45.2 Å². The smallest absolute Gasteiger partial charge is 0.337 e. The van der Waals surface area contributed by atoms with Crippen LogP contribution in [0.5, 0.6) is 0 Å². The summed E-state index contributed by atoms with van der Waals surface area (Å²) in [5, 5.41) is 3.06. The number of methoxy groups -OCH3 is 1. The summed E-state index contributed by atoms with van der Waals surface area (Å²) in [4.78, 5) is 28.5. The van der Waals surface area contributed by atoms with E-state index in [1.54, 1.807) is 12.1 Å². The van der Waals surface area contributed by atoms with Crippen molar-refractivity contribution in [1.82, 2.24) is 9.80 Å². The molecule has 6 heteroatoms. The van der Waals surface area contributed by atoms with Crippen LogP contribution in [0.3, 0.4) is 0 Å². The van der Waals surface area contributed by atoms with Gasteiger partial charge >= 0.3 is 5.97 Å². The highest BCUT2D eigenvalue weighted by Gasteiger charge is 2.19. The Balaban J connectivity index is 1.45. The molecule has 0 saturated carbocycles. The number of rotatable bonds is 6. The van der Waals surface area contributed by atoms with Crippen molar-refractivity contribution < 1.29 is 14.3 Å². The Labute approximate surface area is 172 Å². The first-order chi connectivity index (χ1) is 14.0. The number of nitrogens with zero attached hydrogens (tertiary/aromatic N) is 2. The van der Waals surface area contributed by atoms with Gasteiger partial charge in [-0.25, -0.2) is 4.79 Å². The topological polar surface area (TPSA) is 61.9 Å². The number of aryl methyl sites for hydroxylation is 2. The van der Waals surface area contributed by atoms with Crippen LogP contribution in [0.25, 0.3) is 0 Å². The van der Waals surface area contributed by atoms with Gasteiger partial charge in [0.25, 0.3) is 0 Å². The van der Waals surface area contributed by atoms with Crippen molar-refractivity contribution in [2.45, 2.75) is 20.4 Å². The summed E-state index contributed by atoms with van der Waals surface area (Å²) in [7, 11) is 1.39. The molecule has 3 rings (SSSR count). The fourth-order valence-electron chi connectivity index (χ4n) is 3.62. The molecule has 0 spiro atoms. The number of carbonyl (C=O) groups is 2. The maximum atomic E-state index is 12.5. The number of para-hydroxylation sites is 1. The van der Waals surface area contributed by atoms with Crippen molar-refractivity contribution >= 4 is 17.6 Å². The van der Waals surface area contributed by atoms with Crippen molar-refractivity contribution in [3.05, 3.63) is 64.7 Å². The molecule has 0 aliphatic carbocycles. The standard InChI is InChI=1S/C23H29N3O3/c1-17-5-4-6-18(2)22(17)24-21(27)16-26-13-11-25(12-14-26)15-19-7-9-20(10-8-19)23(28)29-3/h4-10H,11-16H2,1-3H3,(H,24,27). The molecule has 0 bridgehead atoms. The maximum absolute atomic E-state index is 12.5. The monoisotopic (exact) mass is 395 g/mol. The summed E-state index contributed by atoms with van der Waals surface area (Å²) < 4.78 is 4.73. The summed E-state index contributed by atoms with van der Waals surface area (Å²) in [6.45, 7) is 8.82. The number of hydrogen-bond donors (Lipinski definition) is 1. The van der Waals surface area contributed by atoms with Gasteiger partial charge in [0, 0.05) is 38.4 Å². The Morgan fingerprint density at radius 2 is 1.52 bits per heavy atom. The molecule has 29 heavy (non-hydrogen) atoms. The molecular weight excluding hydrogens is 366 g/mol. The largest absolute Gasteiger partial charge is 0.465 e. The van der Waals surface area contributed by atoms with E-state index in [1.165, 1.54) is 12.7 Å². The van der Waals surface area contributed by atoms with Gasteiger partial charge in [0.2, 0.25) is 5.91 Å². The van der Waals surface area contributed by atoms with Crippen LogP contribution < -0.4 is 5.32 Å². The quantitative estimate of drug-likeness (QED) is 0.762. The number of esters is 1. The molecule has 0 radical (unpaired) electrons. The third-order valence-electron chi connectivity index (χ3n) is 5.36. The fourth-order valence-corrected chi connectivity index (χ4v) is 3.62. The number of hydrogen-bond acceptors (Lipinski definition) is 5. The molecule has 154 valence electrons. The summed E-state index contributed by atoms with van der Waals surface area (Å²) in [6.07, 6.45) is 0. The highest BCUT2D eigenvalue weighted by atomic mass is 16.5. The minimum Gasteiger partial charge on any atom is -0.465 e. The van der Waals surface area contributed by atoms with Crippen LogP contribution in [-0.2, 0) is 16.1 Å². The highest BCUT2D eigenvalue weighted by Crippen LogP contribution is 2.19. The predicted molar refractivity (Wildman–Crippen MR) is 114 cm³/mol. The van der Waals surface area contributed by atoms with E-state index < -0.39 is 0 Å². The van der Waals surface area contributed by atoms with Gasteiger partial charge in [-0.15, -0.1) is 0 Å². The Kier molecular flexibility index (Phi) is 7.01. The molecule has 6 nitrogen and oxygen atoms in total. The second kappa shape index (κ2) is 9.67. The van der Waals surface area contributed by atoms with E-state index in [1.807, 2.05) is 44.2 Å². The Morgan fingerprint density at radius 1 is 0.931 bits per heavy atom. The lowest BCUT2D eigenvalue weighted by Gasteiger charge is -2.34. The van der Waals surface area contributed by atoms with Crippen molar-refractivity contribution in [3.63, 3.8) is 0 Å². The molecule has 1 amide bonds. The van der Waals surface area contributed by atoms with Gasteiger partial charge in [-0.1, -0.05) is 30.3 Å².